The number of hydrogen-bond donors (Lipinski definition) is 0. The van der Waals surface area contributed by atoms with Gasteiger partial charge in [-0.3, -0.25) is 9.59 Å². The second-order valence-corrected chi connectivity index (χ2v) is 11.7. The summed E-state index contributed by atoms with van der Waals surface area (Å²) in [6.45, 7) is 1.82. The number of carbonyl (C=O) groups is 2. The monoisotopic (exact) mass is 543 g/mol. The highest BCUT2D eigenvalue weighted by atomic mass is 35.5. The molecule has 0 radical (unpaired) electrons. The summed E-state index contributed by atoms with van der Waals surface area (Å²) >= 11 is 7.22. The Labute approximate surface area is 213 Å². The highest BCUT2D eigenvalue weighted by molar-refractivity contribution is 7.92. The molecule has 8 nitrogen and oxygen atoms in total. The molecule has 0 bridgehead atoms. The minimum atomic E-state index is -4.03. The predicted octanol–water partition coefficient (Wildman–Crippen LogP) is 3.69. The number of hydrogen-bond acceptors (Lipinski definition) is 6. The Hall–Kier alpha value is -2.31. The fraction of sp³-hybridized carbons (Fsp3) is 0.391. The number of rotatable bonds is 9. The molecule has 1 aliphatic rings. The molecule has 0 aliphatic carbocycles. The van der Waals surface area contributed by atoms with Crippen LogP contribution in [0.2, 0.25) is 4.34 Å². The Morgan fingerprint density at radius 1 is 1.31 bits per heavy atom. The van der Waals surface area contributed by atoms with Crippen molar-refractivity contribution in [3.8, 4) is 0 Å². The van der Waals surface area contributed by atoms with Gasteiger partial charge < -0.3 is 14.5 Å². The number of carbonyl (C=O) groups excluding carboxylic acids is 2. The summed E-state index contributed by atoms with van der Waals surface area (Å²) in [6.07, 6.45) is 0.178. The molecule has 1 aromatic heterocycles. The van der Waals surface area contributed by atoms with Gasteiger partial charge >= 0.3 is 0 Å². The lowest BCUT2D eigenvalue weighted by Crippen LogP contribution is -2.46. The van der Waals surface area contributed by atoms with Crippen LogP contribution in [-0.4, -0.2) is 76.4 Å². The highest BCUT2D eigenvalue weighted by Crippen LogP contribution is 2.31. The van der Waals surface area contributed by atoms with Gasteiger partial charge in [-0.1, -0.05) is 11.6 Å². The molecule has 0 saturated carbocycles. The van der Waals surface area contributed by atoms with Crippen molar-refractivity contribution in [2.75, 3.05) is 45.8 Å². The second kappa shape index (κ2) is 11.2. The lowest BCUT2D eigenvalue weighted by molar-refractivity contribution is -0.120. The lowest BCUT2D eigenvalue weighted by atomic mass is 10.1. The minimum absolute atomic E-state index is 0.00292. The van der Waals surface area contributed by atoms with Crippen molar-refractivity contribution in [2.24, 2.45) is 0 Å². The summed E-state index contributed by atoms with van der Waals surface area (Å²) in [5, 5.41) is 1.11. The van der Waals surface area contributed by atoms with E-state index in [1.165, 1.54) is 40.4 Å². The third kappa shape index (κ3) is 6.10. The lowest BCUT2D eigenvalue weighted by Gasteiger charge is -2.26. The van der Waals surface area contributed by atoms with E-state index in [1.54, 1.807) is 33.2 Å². The molecule has 2 aromatic rings. The van der Waals surface area contributed by atoms with Gasteiger partial charge in [0.05, 0.1) is 22.0 Å². The van der Waals surface area contributed by atoms with Gasteiger partial charge in [0.15, 0.2) is 0 Å². The van der Waals surface area contributed by atoms with E-state index in [0.29, 0.717) is 14.8 Å². The Morgan fingerprint density at radius 2 is 2.03 bits per heavy atom. The summed E-state index contributed by atoms with van der Waals surface area (Å²) < 4.78 is 48.3. The molecule has 1 atom stereocenters. The summed E-state index contributed by atoms with van der Waals surface area (Å²) in [5.74, 6) is -1.64. The molecule has 1 aromatic carbocycles. The van der Waals surface area contributed by atoms with Crippen LogP contribution in [0.25, 0.3) is 5.57 Å². The van der Waals surface area contributed by atoms with Gasteiger partial charge in [-0.2, -0.15) is 4.31 Å². The van der Waals surface area contributed by atoms with E-state index in [4.69, 9.17) is 16.3 Å². The maximum atomic E-state index is 14.9. The number of benzene rings is 1. The third-order valence-electron chi connectivity index (χ3n) is 5.55. The molecule has 1 aliphatic heterocycles. The number of ether oxygens (including phenoxy) is 1. The zero-order chi connectivity index (χ0) is 25.9. The Kier molecular flexibility index (Phi) is 8.71. The molecule has 0 spiro atoms. The molecule has 1 fully saturated rings. The van der Waals surface area contributed by atoms with Crippen LogP contribution >= 0.6 is 22.9 Å². The van der Waals surface area contributed by atoms with Crippen LogP contribution in [0, 0.1) is 5.82 Å². The van der Waals surface area contributed by atoms with Crippen molar-refractivity contribution >= 4 is 56.0 Å². The molecular weight excluding hydrogens is 517 g/mol. The predicted molar refractivity (Wildman–Crippen MR) is 136 cm³/mol. The van der Waals surface area contributed by atoms with Crippen LogP contribution in [-0.2, 0) is 19.6 Å². The standard InChI is InChI=1S/C23H27ClFN3O5S2/c1-15(20-7-8-21(24)34-20)14-35(31,32)28(11-12-33-4)19-9-10-27(23(19)30)18-6-5-16(13-17(18)25)22(29)26(2)3/h5-8,13-14,19H,9-12H2,1-4H3/t19-/m0/s1. The van der Waals surface area contributed by atoms with Gasteiger partial charge in [-0.15, -0.1) is 11.3 Å². The maximum Gasteiger partial charge on any atom is 0.253 e. The van der Waals surface area contributed by atoms with E-state index in [9.17, 15) is 22.4 Å². The zero-order valence-electron chi connectivity index (χ0n) is 19.8. The summed E-state index contributed by atoms with van der Waals surface area (Å²) in [6, 6.07) is 6.27. The molecule has 0 N–H and O–H groups in total. The number of amides is 2. The van der Waals surface area contributed by atoms with Crippen molar-refractivity contribution in [1.29, 1.82) is 0 Å². The molecule has 35 heavy (non-hydrogen) atoms. The second-order valence-electron chi connectivity index (χ2n) is 8.21. The van der Waals surface area contributed by atoms with Gasteiger partial charge in [0, 0.05) is 44.7 Å². The van der Waals surface area contributed by atoms with Crippen molar-refractivity contribution in [3.05, 3.63) is 56.3 Å². The van der Waals surface area contributed by atoms with Gasteiger partial charge in [0.1, 0.15) is 11.9 Å². The first kappa shape index (κ1) is 27.3. The average molecular weight is 544 g/mol. The number of nitrogens with zero attached hydrogens (tertiary/aromatic N) is 3. The van der Waals surface area contributed by atoms with Crippen molar-refractivity contribution in [1.82, 2.24) is 9.21 Å². The molecule has 190 valence electrons. The average Bonchev–Trinajstić information content (AvgIpc) is 3.39. The van der Waals surface area contributed by atoms with Crippen molar-refractivity contribution in [2.45, 2.75) is 19.4 Å². The number of thiophene rings is 1. The Bertz CT molecular complexity index is 1250. The normalized spacial score (nSPS) is 16.9. The molecule has 1 saturated heterocycles. The Balaban J connectivity index is 1.89. The SMILES string of the molecule is COCCN([C@H]1CCN(c2ccc(C(=O)N(C)C)cc2F)C1=O)S(=O)(=O)C=C(C)c1ccc(Cl)s1. The third-order valence-corrected chi connectivity index (χ3v) is 8.66. The first-order valence-corrected chi connectivity index (χ1v) is 13.4. The zero-order valence-corrected chi connectivity index (χ0v) is 22.2. The van der Waals surface area contributed by atoms with Crippen LogP contribution in [0.1, 0.15) is 28.6 Å². The largest absolute Gasteiger partial charge is 0.383 e. The van der Waals surface area contributed by atoms with Gasteiger partial charge in [0.2, 0.25) is 15.9 Å². The van der Waals surface area contributed by atoms with E-state index in [-0.39, 0.29) is 43.3 Å². The smallest absolute Gasteiger partial charge is 0.253 e. The van der Waals surface area contributed by atoms with Crippen molar-refractivity contribution in [3.63, 3.8) is 0 Å². The molecule has 2 amide bonds. The van der Waals surface area contributed by atoms with E-state index >= 15 is 0 Å². The summed E-state index contributed by atoms with van der Waals surface area (Å²) in [4.78, 5) is 28.6. The highest BCUT2D eigenvalue weighted by Gasteiger charge is 2.42. The first-order chi connectivity index (χ1) is 16.5. The first-order valence-electron chi connectivity index (χ1n) is 10.7. The summed E-state index contributed by atoms with van der Waals surface area (Å²) in [5.41, 5.74) is 0.633. The number of sulfonamides is 1. The van der Waals surface area contributed by atoms with E-state index in [2.05, 4.69) is 0 Å². The number of methoxy groups -OCH3 is 1. The van der Waals surface area contributed by atoms with Crippen molar-refractivity contribution < 1.29 is 27.1 Å². The fourth-order valence-corrected chi connectivity index (χ4v) is 6.48. The quantitative estimate of drug-likeness (QED) is 0.481. The molecule has 0 unspecified atom stereocenters. The maximum absolute atomic E-state index is 14.9. The van der Waals surface area contributed by atoms with Gasteiger partial charge in [-0.05, 0) is 49.2 Å². The number of halogens is 2. The Morgan fingerprint density at radius 3 is 2.60 bits per heavy atom. The van der Waals surface area contributed by atoms with Gasteiger partial charge in [-0.25, -0.2) is 12.8 Å². The van der Waals surface area contributed by atoms with Crippen LogP contribution in [0.5, 0.6) is 0 Å². The minimum Gasteiger partial charge on any atom is -0.383 e. The topological polar surface area (TPSA) is 87.2 Å². The number of allylic oxidation sites excluding steroid dienone is 1. The van der Waals surface area contributed by atoms with E-state index < -0.39 is 27.8 Å². The van der Waals surface area contributed by atoms with Crippen LogP contribution < -0.4 is 4.90 Å². The van der Waals surface area contributed by atoms with E-state index in [1.807, 2.05) is 0 Å². The molecule has 12 heteroatoms. The summed E-state index contributed by atoms with van der Waals surface area (Å²) in [7, 11) is 0.523. The molecule has 2 heterocycles. The fourth-order valence-electron chi connectivity index (χ4n) is 3.81. The van der Waals surface area contributed by atoms with Crippen LogP contribution in [0.4, 0.5) is 10.1 Å². The van der Waals surface area contributed by atoms with E-state index in [0.717, 1.165) is 15.8 Å². The van der Waals surface area contributed by atoms with Crippen LogP contribution in [0.15, 0.2) is 35.7 Å². The molecular formula is C23H27ClFN3O5S2. The molecule has 3 rings (SSSR count). The van der Waals surface area contributed by atoms with Crippen LogP contribution in [0.3, 0.4) is 0 Å². The number of anilines is 1. The van der Waals surface area contributed by atoms with Gasteiger partial charge in [0.25, 0.3) is 5.91 Å².